The predicted octanol–water partition coefficient (Wildman–Crippen LogP) is 3.29. The Kier molecular flexibility index (Phi) is 4.87. The lowest BCUT2D eigenvalue weighted by atomic mass is 10.1. The molecular weight excluding hydrogens is 314 g/mol. The highest BCUT2D eigenvalue weighted by Gasteiger charge is 2.21. The van der Waals surface area contributed by atoms with E-state index in [0.29, 0.717) is 28.5 Å². The van der Waals surface area contributed by atoms with Gasteiger partial charge in [0.05, 0.1) is 26.1 Å². The van der Waals surface area contributed by atoms with Gasteiger partial charge in [-0.15, -0.1) is 0 Å². The Hall–Kier alpha value is -2.90. The molecule has 1 aromatic carbocycles. The van der Waals surface area contributed by atoms with Crippen LogP contribution < -0.4 is 20.5 Å². The van der Waals surface area contributed by atoms with Gasteiger partial charge in [0, 0.05) is 5.56 Å². The summed E-state index contributed by atoms with van der Waals surface area (Å²) in [6.45, 7) is 5.33. The summed E-state index contributed by atoms with van der Waals surface area (Å²) >= 11 is 0. The fourth-order valence-electron chi connectivity index (χ4n) is 2.03. The van der Waals surface area contributed by atoms with Crippen LogP contribution in [0.4, 0.5) is 16.5 Å². The molecule has 0 spiro atoms. The van der Waals surface area contributed by atoms with Gasteiger partial charge in [-0.2, -0.15) is 0 Å². The van der Waals surface area contributed by atoms with Gasteiger partial charge in [0.2, 0.25) is 0 Å². The maximum Gasteiger partial charge on any atom is 0.412 e. The molecule has 24 heavy (non-hydrogen) atoms. The summed E-state index contributed by atoms with van der Waals surface area (Å²) in [7, 11) is 2.97. The quantitative estimate of drug-likeness (QED) is 0.882. The van der Waals surface area contributed by atoms with Crippen LogP contribution in [-0.4, -0.2) is 30.9 Å². The van der Waals surface area contributed by atoms with Crippen molar-refractivity contribution in [3.63, 3.8) is 0 Å². The van der Waals surface area contributed by atoms with Gasteiger partial charge in [-0.25, -0.2) is 9.78 Å². The summed E-state index contributed by atoms with van der Waals surface area (Å²) in [6, 6.07) is 3.39. The summed E-state index contributed by atoms with van der Waals surface area (Å²) in [5, 5.41) is 2.65. The van der Waals surface area contributed by atoms with Crippen LogP contribution >= 0.6 is 0 Å². The number of ether oxygens (including phenoxy) is 3. The first-order valence-corrected chi connectivity index (χ1v) is 7.21. The Morgan fingerprint density at radius 3 is 2.46 bits per heavy atom. The third kappa shape index (κ3) is 4.09. The van der Waals surface area contributed by atoms with Crippen molar-refractivity contribution in [2.45, 2.75) is 26.4 Å². The average molecular weight is 335 g/mol. The van der Waals surface area contributed by atoms with Crippen LogP contribution in [-0.2, 0) is 4.74 Å². The number of rotatable bonds is 4. The number of methoxy groups -OCH3 is 2. The number of anilines is 2. The van der Waals surface area contributed by atoms with E-state index in [1.54, 1.807) is 32.9 Å². The minimum Gasteiger partial charge on any atom is -0.493 e. The van der Waals surface area contributed by atoms with Crippen molar-refractivity contribution in [2.75, 3.05) is 25.3 Å². The molecule has 0 saturated heterocycles. The smallest absolute Gasteiger partial charge is 0.412 e. The number of aromatic nitrogens is 1. The molecular formula is C16H21N3O5. The number of benzene rings is 1. The van der Waals surface area contributed by atoms with Crippen molar-refractivity contribution in [3.8, 4) is 22.8 Å². The highest BCUT2D eigenvalue weighted by Crippen LogP contribution is 2.40. The van der Waals surface area contributed by atoms with Crippen LogP contribution in [0.15, 0.2) is 22.7 Å². The monoisotopic (exact) mass is 335 g/mol. The number of hydrogen-bond donors (Lipinski definition) is 2. The number of oxazole rings is 1. The van der Waals surface area contributed by atoms with Crippen molar-refractivity contribution in [1.29, 1.82) is 0 Å². The average Bonchev–Trinajstić information content (AvgIpc) is 2.90. The van der Waals surface area contributed by atoms with Crippen LogP contribution in [0.5, 0.6) is 11.5 Å². The zero-order valence-corrected chi connectivity index (χ0v) is 14.3. The number of nitrogens with one attached hydrogen (secondary N) is 1. The Balaban J connectivity index is 2.42. The van der Waals surface area contributed by atoms with Crippen LogP contribution in [0.1, 0.15) is 20.8 Å². The lowest BCUT2D eigenvalue weighted by Gasteiger charge is -2.21. The van der Waals surface area contributed by atoms with Gasteiger partial charge in [0.25, 0.3) is 6.01 Å². The molecule has 8 nitrogen and oxygen atoms in total. The van der Waals surface area contributed by atoms with E-state index in [-0.39, 0.29) is 6.01 Å². The van der Waals surface area contributed by atoms with Crippen molar-refractivity contribution in [2.24, 2.45) is 0 Å². The number of nitrogen functional groups attached to an aromatic ring is 1. The molecule has 1 heterocycles. The summed E-state index contributed by atoms with van der Waals surface area (Å²) in [6.07, 6.45) is 0.866. The third-order valence-electron chi connectivity index (χ3n) is 2.92. The zero-order chi connectivity index (χ0) is 17.9. The molecule has 0 aliphatic heterocycles. The predicted molar refractivity (Wildman–Crippen MR) is 89.3 cm³/mol. The minimum atomic E-state index is -0.627. The summed E-state index contributed by atoms with van der Waals surface area (Å²) < 4.78 is 21.2. The molecule has 8 heteroatoms. The van der Waals surface area contributed by atoms with Crippen molar-refractivity contribution < 1.29 is 23.4 Å². The van der Waals surface area contributed by atoms with E-state index < -0.39 is 11.7 Å². The largest absolute Gasteiger partial charge is 0.493 e. The molecule has 0 aliphatic carbocycles. The van der Waals surface area contributed by atoms with Gasteiger partial charge in [-0.05, 0) is 32.9 Å². The van der Waals surface area contributed by atoms with E-state index in [4.69, 9.17) is 24.4 Å². The van der Waals surface area contributed by atoms with E-state index in [0.717, 1.165) is 0 Å². The van der Waals surface area contributed by atoms with Gasteiger partial charge in [-0.3, -0.25) is 5.32 Å². The SMILES string of the molecule is COc1cc(-c2cnc(N)o2)cc(NC(=O)OC(C)(C)C)c1OC. The van der Waals surface area contributed by atoms with Crippen LogP contribution in [0.3, 0.4) is 0 Å². The number of carbonyl (C=O) groups excluding carboxylic acids is 1. The first-order chi connectivity index (χ1) is 11.2. The second-order valence-electron chi connectivity index (χ2n) is 5.95. The Morgan fingerprint density at radius 1 is 1.25 bits per heavy atom. The van der Waals surface area contributed by atoms with Gasteiger partial charge in [-0.1, -0.05) is 0 Å². The maximum atomic E-state index is 12.1. The normalized spacial score (nSPS) is 11.0. The lowest BCUT2D eigenvalue weighted by Crippen LogP contribution is -2.27. The van der Waals surface area contributed by atoms with Crippen molar-refractivity contribution in [3.05, 3.63) is 18.3 Å². The molecule has 0 saturated carbocycles. The first kappa shape index (κ1) is 17.5. The number of hydrogen-bond acceptors (Lipinski definition) is 7. The molecule has 0 radical (unpaired) electrons. The topological polar surface area (TPSA) is 109 Å². The Labute approximate surface area is 139 Å². The second-order valence-corrected chi connectivity index (χ2v) is 5.95. The molecule has 0 atom stereocenters. The minimum absolute atomic E-state index is 0.0430. The van der Waals surface area contributed by atoms with Crippen molar-refractivity contribution in [1.82, 2.24) is 4.98 Å². The molecule has 130 valence electrons. The van der Waals surface area contributed by atoms with Crippen LogP contribution in [0.25, 0.3) is 11.3 Å². The summed E-state index contributed by atoms with van der Waals surface area (Å²) in [5.41, 5.74) is 5.87. The fraction of sp³-hybridized carbons (Fsp3) is 0.375. The lowest BCUT2D eigenvalue weighted by molar-refractivity contribution is 0.0635. The van der Waals surface area contributed by atoms with Gasteiger partial charge < -0.3 is 24.4 Å². The molecule has 0 unspecified atom stereocenters. The standard InChI is InChI=1S/C16H21N3O5/c1-16(2,3)24-15(20)19-10-6-9(12-8-18-14(17)23-12)7-11(21-4)13(10)22-5/h6-8H,1-5H3,(H2,17,18)(H,19,20). The molecule has 0 fully saturated rings. The van der Waals surface area contributed by atoms with Crippen LogP contribution in [0.2, 0.25) is 0 Å². The van der Waals surface area contributed by atoms with E-state index in [1.807, 2.05) is 0 Å². The molecule has 2 rings (SSSR count). The number of nitrogens with zero attached hydrogens (tertiary/aromatic N) is 1. The number of carbonyl (C=O) groups is 1. The van der Waals surface area contributed by atoms with Gasteiger partial charge in [0.1, 0.15) is 5.60 Å². The molecule has 0 aliphatic rings. The van der Waals surface area contributed by atoms with E-state index in [1.165, 1.54) is 20.4 Å². The number of nitrogens with two attached hydrogens (primary N) is 1. The van der Waals surface area contributed by atoms with E-state index in [9.17, 15) is 4.79 Å². The second kappa shape index (κ2) is 6.69. The summed E-state index contributed by atoms with van der Waals surface area (Å²) in [5.74, 6) is 1.20. The molecule has 0 bridgehead atoms. The van der Waals surface area contributed by atoms with Gasteiger partial charge >= 0.3 is 6.09 Å². The van der Waals surface area contributed by atoms with Gasteiger partial charge in [0.15, 0.2) is 17.3 Å². The third-order valence-corrected chi connectivity index (χ3v) is 2.92. The zero-order valence-electron chi connectivity index (χ0n) is 14.3. The summed E-state index contributed by atoms with van der Waals surface area (Å²) in [4.78, 5) is 15.9. The highest BCUT2D eigenvalue weighted by molar-refractivity contribution is 5.89. The fourth-order valence-corrected chi connectivity index (χ4v) is 2.03. The van der Waals surface area contributed by atoms with Crippen molar-refractivity contribution >= 4 is 17.8 Å². The number of amides is 1. The molecule has 1 amide bonds. The van der Waals surface area contributed by atoms with E-state index >= 15 is 0 Å². The first-order valence-electron chi connectivity index (χ1n) is 7.21. The molecule has 2 aromatic rings. The van der Waals surface area contributed by atoms with E-state index in [2.05, 4.69) is 10.3 Å². The van der Waals surface area contributed by atoms with Crippen LogP contribution in [0, 0.1) is 0 Å². The Morgan fingerprint density at radius 2 is 1.96 bits per heavy atom. The molecule has 1 aromatic heterocycles. The maximum absolute atomic E-state index is 12.1. The molecule has 3 N–H and O–H groups in total. The Bertz CT molecular complexity index is 734. The highest BCUT2D eigenvalue weighted by atomic mass is 16.6.